The van der Waals surface area contributed by atoms with Crippen molar-refractivity contribution < 1.29 is 4.92 Å². The van der Waals surface area contributed by atoms with Gasteiger partial charge in [-0.05, 0) is 19.1 Å². The predicted octanol–water partition coefficient (Wildman–Crippen LogP) is 3.41. The van der Waals surface area contributed by atoms with Gasteiger partial charge in [0.15, 0.2) is 0 Å². The van der Waals surface area contributed by atoms with Gasteiger partial charge in [0.05, 0.1) is 4.92 Å². The molecule has 1 aromatic carbocycles. The molecule has 0 aliphatic heterocycles. The Hall–Kier alpha value is -1.84. The fraction of sp³-hybridized carbons (Fsp3) is 0.273. The van der Waals surface area contributed by atoms with E-state index < -0.39 is 0 Å². The van der Waals surface area contributed by atoms with Crippen LogP contribution >= 0.6 is 0 Å². The lowest BCUT2D eigenvalue weighted by Gasteiger charge is -1.90. The van der Waals surface area contributed by atoms with Crippen LogP contribution in [-0.4, -0.2) is 9.91 Å². The number of nitro groups is 1. The maximum absolute atomic E-state index is 10.4. The van der Waals surface area contributed by atoms with E-state index in [0.717, 1.165) is 16.6 Å². The highest BCUT2D eigenvalue weighted by atomic mass is 16.6. The molecular formula is C11H14N2O2. The molecule has 4 nitrogen and oxygen atoms in total. The second-order valence-electron chi connectivity index (χ2n) is 2.98. The topological polar surface area (TPSA) is 58.9 Å². The van der Waals surface area contributed by atoms with Gasteiger partial charge in [0.25, 0.3) is 5.69 Å². The van der Waals surface area contributed by atoms with E-state index >= 15 is 0 Å². The Morgan fingerprint density at radius 1 is 1.27 bits per heavy atom. The third-order valence-corrected chi connectivity index (χ3v) is 1.95. The Morgan fingerprint density at radius 3 is 2.53 bits per heavy atom. The number of hydrogen-bond acceptors (Lipinski definition) is 2. The number of non-ortho nitro benzene ring substituents is 1. The van der Waals surface area contributed by atoms with Crippen molar-refractivity contribution in [2.24, 2.45) is 0 Å². The smallest absolute Gasteiger partial charge is 0.270 e. The number of nitrogens with one attached hydrogen (secondary N) is 1. The summed E-state index contributed by atoms with van der Waals surface area (Å²) < 4.78 is 0. The largest absolute Gasteiger partial charge is 0.359 e. The van der Waals surface area contributed by atoms with Crippen molar-refractivity contribution in [3.05, 3.63) is 40.1 Å². The summed E-state index contributed by atoms with van der Waals surface area (Å²) in [5, 5.41) is 11.3. The predicted molar refractivity (Wildman–Crippen MR) is 61.0 cm³/mol. The molecule has 0 atom stereocenters. The van der Waals surface area contributed by atoms with Gasteiger partial charge < -0.3 is 4.98 Å². The number of aromatic amines is 1. The minimum atomic E-state index is -0.387. The first-order valence-corrected chi connectivity index (χ1v) is 4.90. The van der Waals surface area contributed by atoms with Crippen molar-refractivity contribution in [1.29, 1.82) is 0 Å². The summed E-state index contributed by atoms with van der Waals surface area (Å²) in [5.41, 5.74) is 2.07. The summed E-state index contributed by atoms with van der Waals surface area (Å²) in [6, 6.07) is 6.68. The lowest BCUT2D eigenvalue weighted by atomic mass is 10.2. The van der Waals surface area contributed by atoms with E-state index in [1.165, 1.54) is 6.07 Å². The number of fused-ring (bicyclic) bond motifs is 1. The van der Waals surface area contributed by atoms with E-state index in [2.05, 4.69) is 4.98 Å². The Morgan fingerprint density at radius 2 is 1.93 bits per heavy atom. The van der Waals surface area contributed by atoms with Crippen LogP contribution in [0.4, 0.5) is 5.69 Å². The van der Waals surface area contributed by atoms with Crippen LogP contribution in [0.1, 0.15) is 19.5 Å². The minimum Gasteiger partial charge on any atom is -0.359 e. The molecule has 1 N–H and O–H groups in total. The molecule has 15 heavy (non-hydrogen) atoms. The molecule has 4 heteroatoms. The van der Waals surface area contributed by atoms with Crippen LogP contribution in [0.3, 0.4) is 0 Å². The quantitative estimate of drug-likeness (QED) is 0.574. The van der Waals surface area contributed by atoms with Gasteiger partial charge in [-0.2, -0.15) is 0 Å². The van der Waals surface area contributed by atoms with E-state index in [4.69, 9.17) is 0 Å². The average molecular weight is 206 g/mol. The second-order valence-corrected chi connectivity index (χ2v) is 2.98. The molecule has 0 spiro atoms. The zero-order valence-corrected chi connectivity index (χ0v) is 9.07. The second kappa shape index (κ2) is 4.59. The van der Waals surface area contributed by atoms with Crippen molar-refractivity contribution in [3.63, 3.8) is 0 Å². The highest BCUT2D eigenvalue weighted by molar-refractivity contribution is 5.82. The maximum atomic E-state index is 10.4. The third kappa shape index (κ3) is 2.34. The number of rotatable bonds is 1. The lowest BCUT2D eigenvalue weighted by Crippen LogP contribution is -1.86. The van der Waals surface area contributed by atoms with Crippen LogP contribution < -0.4 is 0 Å². The zero-order valence-electron chi connectivity index (χ0n) is 9.07. The van der Waals surface area contributed by atoms with Crippen LogP contribution in [0.2, 0.25) is 0 Å². The van der Waals surface area contributed by atoms with Crippen LogP contribution in [0.5, 0.6) is 0 Å². The summed E-state index contributed by atoms with van der Waals surface area (Å²) in [6.07, 6.45) is 0. The SMILES string of the molecule is CC.Cc1cc2cc([N+](=O)[O-])ccc2[nH]1. The molecule has 0 amide bonds. The molecule has 2 rings (SSSR count). The van der Waals surface area contributed by atoms with Crippen LogP contribution in [0, 0.1) is 17.0 Å². The number of H-pyrrole nitrogens is 1. The molecule has 1 heterocycles. The molecular weight excluding hydrogens is 192 g/mol. The standard InChI is InChI=1S/C9H8N2O2.C2H6/c1-6-4-7-5-8(11(12)13)2-3-9(7)10-6;1-2/h2-5,10H,1H3;1-2H3. The summed E-state index contributed by atoms with van der Waals surface area (Å²) in [6.45, 7) is 5.92. The van der Waals surface area contributed by atoms with Gasteiger partial charge >= 0.3 is 0 Å². The van der Waals surface area contributed by atoms with Gasteiger partial charge in [-0.25, -0.2) is 0 Å². The van der Waals surface area contributed by atoms with Gasteiger partial charge in [0, 0.05) is 28.7 Å². The number of hydrogen-bond donors (Lipinski definition) is 1. The monoisotopic (exact) mass is 206 g/mol. The Kier molecular flexibility index (Phi) is 3.44. The van der Waals surface area contributed by atoms with Gasteiger partial charge in [-0.15, -0.1) is 0 Å². The first-order chi connectivity index (χ1) is 7.16. The van der Waals surface area contributed by atoms with E-state index in [-0.39, 0.29) is 10.6 Å². The van der Waals surface area contributed by atoms with Gasteiger partial charge in [0.2, 0.25) is 0 Å². The van der Waals surface area contributed by atoms with Crippen molar-refractivity contribution in [2.45, 2.75) is 20.8 Å². The summed E-state index contributed by atoms with van der Waals surface area (Å²) in [5.74, 6) is 0. The third-order valence-electron chi connectivity index (χ3n) is 1.95. The highest BCUT2D eigenvalue weighted by Crippen LogP contribution is 2.20. The molecule has 0 saturated heterocycles. The highest BCUT2D eigenvalue weighted by Gasteiger charge is 2.06. The van der Waals surface area contributed by atoms with Crippen LogP contribution in [0.15, 0.2) is 24.3 Å². The Labute approximate surface area is 88.1 Å². The van der Waals surface area contributed by atoms with Crippen molar-refractivity contribution in [3.8, 4) is 0 Å². The number of benzene rings is 1. The van der Waals surface area contributed by atoms with Gasteiger partial charge in [-0.3, -0.25) is 10.1 Å². The minimum absolute atomic E-state index is 0.131. The molecule has 0 aliphatic carbocycles. The van der Waals surface area contributed by atoms with Gasteiger partial charge in [0.1, 0.15) is 0 Å². The average Bonchev–Trinajstić information content (AvgIpc) is 2.59. The van der Waals surface area contributed by atoms with E-state index in [1.54, 1.807) is 12.1 Å². The first kappa shape index (κ1) is 11.2. The maximum Gasteiger partial charge on any atom is 0.270 e. The first-order valence-electron chi connectivity index (χ1n) is 4.90. The van der Waals surface area contributed by atoms with Gasteiger partial charge in [-0.1, -0.05) is 13.8 Å². The molecule has 0 aliphatic rings. The number of nitro benzene ring substituents is 1. The summed E-state index contributed by atoms with van der Waals surface area (Å²) in [4.78, 5) is 13.2. The molecule has 0 bridgehead atoms. The van der Waals surface area contributed by atoms with Crippen LogP contribution in [0.25, 0.3) is 10.9 Å². The number of aryl methyl sites for hydroxylation is 1. The van der Waals surface area contributed by atoms with Crippen molar-refractivity contribution in [1.82, 2.24) is 4.98 Å². The molecule has 0 saturated carbocycles. The summed E-state index contributed by atoms with van der Waals surface area (Å²) >= 11 is 0. The summed E-state index contributed by atoms with van der Waals surface area (Å²) in [7, 11) is 0. The normalized spacial score (nSPS) is 9.53. The number of aromatic nitrogens is 1. The Bertz CT molecular complexity index is 474. The van der Waals surface area contributed by atoms with Crippen molar-refractivity contribution >= 4 is 16.6 Å². The van der Waals surface area contributed by atoms with E-state index in [9.17, 15) is 10.1 Å². The zero-order chi connectivity index (χ0) is 11.4. The molecule has 0 unspecified atom stereocenters. The molecule has 1 aromatic heterocycles. The number of nitrogens with zero attached hydrogens (tertiary/aromatic N) is 1. The fourth-order valence-corrected chi connectivity index (χ4v) is 1.38. The molecule has 0 fully saturated rings. The Balaban J connectivity index is 0.000000531. The fourth-order valence-electron chi connectivity index (χ4n) is 1.38. The lowest BCUT2D eigenvalue weighted by molar-refractivity contribution is -0.384. The molecule has 80 valence electrons. The molecule has 0 radical (unpaired) electrons. The van der Waals surface area contributed by atoms with E-state index in [1.807, 2.05) is 26.8 Å². The van der Waals surface area contributed by atoms with Crippen molar-refractivity contribution in [2.75, 3.05) is 0 Å². The molecule has 2 aromatic rings. The van der Waals surface area contributed by atoms with E-state index in [0.29, 0.717) is 0 Å². The van der Waals surface area contributed by atoms with Crippen LogP contribution in [-0.2, 0) is 0 Å².